The van der Waals surface area contributed by atoms with Crippen LogP contribution in [0.25, 0.3) is 0 Å². The predicted molar refractivity (Wildman–Crippen MR) is 71.2 cm³/mol. The molecule has 1 fully saturated rings. The van der Waals surface area contributed by atoms with Crippen molar-refractivity contribution >= 4 is 0 Å². The molecule has 0 aliphatic carbocycles. The number of H-pyrrole nitrogens is 1. The number of nitrogens with one attached hydrogen (secondary N) is 1. The molecule has 2 heterocycles. The first-order chi connectivity index (χ1) is 9.19. The number of hydrogen-bond donors (Lipinski definition) is 1. The highest BCUT2D eigenvalue weighted by atomic mass is 16.5. The van der Waals surface area contributed by atoms with Crippen LogP contribution in [0.4, 0.5) is 0 Å². The van der Waals surface area contributed by atoms with Gasteiger partial charge in [-0.1, -0.05) is 0 Å². The van der Waals surface area contributed by atoms with Crippen molar-refractivity contribution in [3.63, 3.8) is 0 Å². The Kier molecular flexibility index (Phi) is 5.07. The normalized spacial score (nSPS) is 20.6. The Bertz CT molecular complexity index is 461. The minimum Gasteiger partial charge on any atom is -0.380 e. The van der Waals surface area contributed by atoms with Crippen molar-refractivity contribution in [1.29, 1.82) is 0 Å². The van der Waals surface area contributed by atoms with Gasteiger partial charge in [-0.25, -0.2) is 4.98 Å². The number of aromatic nitrogens is 2. The summed E-state index contributed by atoms with van der Waals surface area (Å²) in [5, 5.41) is 0. The molecular weight excluding hydrogens is 246 g/mol. The van der Waals surface area contributed by atoms with Gasteiger partial charge in [0.25, 0.3) is 5.56 Å². The summed E-state index contributed by atoms with van der Waals surface area (Å²) in [6.07, 6.45) is -0.164. The van der Waals surface area contributed by atoms with E-state index in [1.807, 2.05) is 13.8 Å². The van der Waals surface area contributed by atoms with Crippen LogP contribution in [0, 0.1) is 6.92 Å². The van der Waals surface area contributed by atoms with Gasteiger partial charge in [-0.2, -0.15) is 0 Å². The first-order valence-electron chi connectivity index (χ1n) is 6.68. The number of aryl methyl sites for hydroxylation is 1. The average Bonchev–Trinajstić information content (AvgIpc) is 2.38. The van der Waals surface area contributed by atoms with Crippen LogP contribution in [0.15, 0.2) is 10.9 Å². The van der Waals surface area contributed by atoms with E-state index in [2.05, 4.69) is 14.9 Å². The third-order valence-corrected chi connectivity index (χ3v) is 3.10. The predicted octanol–water partition coefficient (Wildman–Crippen LogP) is 0.488. The molecule has 1 aliphatic rings. The van der Waals surface area contributed by atoms with Crippen LogP contribution in [0.2, 0.25) is 0 Å². The van der Waals surface area contributed by atoms with E-state index in [1.54, 1.807) is 0 Å². The molecule has 6 heteroatoms. The van der Waals surface area contributed by atoms with Gasteiger partial charge in [0.2, 0.25) is 0 Å². The highest BCUT2D eigenvalue weighted by molar-refractivity contribution is 5.03. The van der Waals surface area contributed by atoms with Gasteiger partial charge >= 0.3 is 0 Å². The molecule has 0 spiro atoms. The maximum Gasteiger partial charge on any atom is 0.251 e. The Morgan fingerprint density at radius 3 is 3.21 bits per heavy atom. The lowest BCUT2D eigenvalue weighted by atomic mass is 10.2. The van der Waals surface area contributed by atoms with Crippen LogP contribution < -0.4 is 5.56 Å². The molecule has 0 amide bonds. The van der Waals surface area contributed by atoms with E-state index in [9.17, 15) is 4.79 Å². The molecule has 0 saturated carbocycles. The second kappa shape index (κ2) is 6.79. The highest BCUT2D eigenvalue weighted by Gasteiger charge is 2.23. The number of morpholine rings is 1. The SMILES string of the molecule is CCOCCN1CCO[C@@H](c2nc(C)cc(=O)[nH]2)C1. The Labute approximate surface area is 112 Å². The molecule has 0 unspecified atom stereocenters. The maximum absolute atomic E-state index is 11.5. The second-order valence-corrected chi connectivity index (χ2v) is 4.63. The van der Waals surface area contributed by atoms with Gasteiger partial charge in [0, 0.05) is 38.0 Å². The van der Waals surface area contributed by atoms with E-state index in [0.29, 0.717) is 18.1 Å². The van der Waals surface area contributed by atoms with E-state index in [4.69, 9.17) is 9.47 Å². The average molecular weight is 267 g/mol. The van der Waals surface area contributed by atoms with Crippen molar-refractivity contribution in [2.45, 2.75) is 20.0 Å². The monoisotopic (exact) mass is 267 g/mol. The lowest BCUT2D eigenvalue weighted by Gasteiger charge is -2.32. The van der Waals surface area contributed by atoms with E-state index in [-0.39, 0.29) is 11.7 Å². The first kappa shape index (κ1) is 14.2. The molecule has 1 saturated heterocycles. The fourth-order valence-corrected chi connectivity index (χ4v) is 2.16. The van der Waals surface area contributed by atoms with Gasteiger partial charge in [-0.3, -0.25) is 9.69 Å². The van der Waals surface area contributed by atoms with Crippen LogP contribution in [0.3, 0.4) is 0 Å². The van der Waals surface area contributed by atoms with Crippen LogP contribution in [-0.2, 0) is 9.47 Å². The zero-order valence-electron chi connectivity index (χ0n) is 11.5. The molecule has 106 valence electrons. The van der Waals surface area contributed by atoms with E-state index < -0.39 is 0 Å². The third kappa shape index (κ3) is 4.12. The number of hydrogen-bond acceptors (Lipinski definition) is 5. The van der Waals surface area contributed by atoms with E-state index >= 15 is 0 Å². The van der Waals surface area contributed by atoms with Crippen molar-refractivity contribution in [2.24, 2.45) is 0 Å². The summed E-state index contributed by atoms with van der Waals surface area (Å²) in [5.74, 6) is 0.617. The molecule has 6 nitrogen and oxygen atoms in total. The maximum atomic E-state index is 11.5. The molecule has 0 radical (unpaired) electrons. The van der Waals surface area contributed by atoms with Gasteiger partial charge in [0.15, 0.2) is 0 Å². The first-order valence-corrected chi connectivity index (χ1v) is 6.68. The van der Waals surface area contributed by atoms with Crippen molar-refractivity contribution in [3.8, 4) is 0 Å². The fourth-order valence-electron chi connectivity index (χ4n) is 2.16. The van der Waals surface area contributed by atoms with Crippen molar-refractivity contribution in [1.82, 2.24) is 14.9 Å². The largest absolute Gasteiger partial charge is 0.380 e. The Morgan fingerprint density at radius 1 is 1.63 bits per heavy atom. The number of aromatic amines is 1. The second-order valence-electron chi connectivity index (χ2n) is 4.63. The summed E-state index contributed by atoms with van der Waals surface area (Å²) >= 11 is 0. The molecule has 1 aromatic rings. The van der Waals surface area contributed by atoms with Crippen LogP contribution in [-0.4, -0.2) is 54.3 Å². The van der Waals surface area contributed by atoms with Crippen LogP contribution >= 0.6 is 0 Å². The standard InChI is InChI=1S/C13H21N3O3/c1-3-18-6-4-16-5-7-19-11(9-16)13-14-10(2)8-12(17)15-13/h8,11H,3-7,9H2,1-2H3,(H,14,15,17)/t11-/m1/s1. The summed E-state index contributed by atoms with van der Waals surface area (Å²) in [4.78, 5) is 20.8. The molecule has 19 heavy (non-hydrogen) atoms. The fraction of sp³-hybridized carbons (Fsp3) is 0.692. The number of rotatable bonds is 5. The van der Waals surface area contributed by atoms with Gasteiger partial charge in [0.1, 0.15) is 11.9 Å². The summed E-state index contributed by atoms with van der Waals surface area (Å²) in [5.41, 5.74) is 0.589. The van der Waals surface area contributed by atoms with Crippen LogP contribution in [0.5, 0.6) is 0 Å². The zero-order chi connectivity index (χ0) is 13.7. The Hall–Kier alpha value is -1.24. The van der Waals surface area contributed by atoms with Crippen molar-refractivity contribution < 1.29 is 9.47 Å². The van der Waals surface area contributed by atoms with Gasteiger partial charge in [-0.05, 0) is 13.8 Å². The summed E-state index contributed by atoms with van der Waals surface area (Å²) < 4.78 is 11.1. The Morgan fingerprint density at radius 2 is 2.47 bits per heavy atom. The lowest BCUT2D eigenvalue weighted by molar-refractivity contribution is -0.0414. The lowest BCUT2D eigenvalue weighted by Crippen LogP contribution is -2.41. The van der Waals surface area contributed by atoms with Gasteiger partial charge < -0.3 is 14.5 Å². The molecule has 1 aromatic heterocycles. The summed E-state index contributed by atoms with van der Waals surface area (Å²) in [6.45, 7) is 8.41. The molecule has 0 bridgehead atoms. The molecular formula is C13H21N3O3. The highest BCUT2D eigenvalue weighted by Crippen LogP contribution is 2.18. The Balaban J connectivity index is 1.98. The minimum absolute atomic E-state index is 0.127. The van der Waals surface area contributed by atoms with Gasteiger partial charge in [-0.15, -0.1) is 0 Å². The molecule has 0 aromatic carbocycles. The molecule has 1 aliphatic heterocycles. The van der Waals surface area contributed by atoms with E-state index in [1.165, 1.54) is 6.07 Å². The van der Waals surface area contributed by atoms with Crippen LogP contribution in [0.1, 0.15) is 24.5 Å². The summed E-state index contributed by atoms with van der Waals surface area (Å²) in [7, 11) is 0. The van der Waals surface area contributed by atoms with Crippen molar-refractivity contribution in [3.05, 3.63) is 27.9 Å². The van der Waals surface area contributed by atoms with E-state index in [0.717, 1.165) is 32.8 Å². The molecule has 1 N–H and O–H groups in total. The smallest absolute Gasteiger partial charge is 0.251 e. The topological polar surface area (TPSA) is 67.5 Å². The zero-order valence-corrected chi connectivity index (χ0v) is 11.5. The molecule has 1 atom stereocenters. The number of nitrogens with zero attached hydrogens (tertiary/aromatic N) is 2. The third-order valence-electron chi connectivity index (χ3n) is 3.10. The minimum atomic E-state index is -0.164. The van der Waals surface area contributed by atoms with Crippen molar-refractivity contribution in [2.75, 3.05) is 39.5 Å². The number of ether oxygens (including phenoxy) is 2. The quantitative estimate of drug-likeness (QED) is 0.786. The summed E-state index contributed by atoms with van der Waals surface area (Å²) in [6, 6.07) is 1.49. The van der Waals surface area contributed by atoms with Gasteiger partial charge in [0.05, 0.1) is 13.2 Å². The molecule has 2 rings (SSSR count).